The van der Waals surface area contributed by atoms with Crippen LogP contribution in [0.3, 0.4) is 0 Å². The number of benzene rings is 13. The van der Waals surface area contributed by atoms with Crippen molar-refractivity contribution in [1.82, 2.24) is 9.80 Å². The van der Waals surface area contributed by atoms with Gasteiger partial charge in [-0.1, -0.05) is 121 Å². The third-order valence-electron chi connectivity index (χ3n) is 20.4. The summed E-state index contributed by atoms with van der Waals surface area (Å²) in [5.41, 5.74) is 2.07. The summed E-state index contributed by atoms with van der Waals surface area (Å²) in [6, 6.07) is 62.4. The Balaban J connectivity index is 0.959. The Hall–Kier alpha value is -12.6. The van der Waals surface area contributed by atoms with Crippen LogP contribution in [0.25, 0.3) is 87.0 Å². The normalized spacial score (nSPS) is 13.8. The minimum absolute atomic E-state index is 0.00100. The molecule has 15 aromatic rings. The lowest BCUT2D eigenvalue weighted by Crippen LogP contribution is -2.47. The Morgan fingerprint density at radius 2 is 0.591 bits per heavy atom. The fourth-order valence-corrected chi connectivity index (χ4v) is 18.2. The van der Waals surface area contributed by atoms with E-state index < -0.39 is 65.3 Å². The Morgan fingerprint density at radius 1 is 0.318 bits per heavy atom. The quantitative estimate of drug-likeness (QED) is 0.0161. The smallest absolute Gasteiger partial charge is 0.464 e. The van der Waals surface area contributed by atoms with Crippen molar-refractivity contribution in [1.29, 1.82) is 0 Å². The molecule has 2 unspecified atom stereocenters. The Labute approximate surface area is 629 Å². The molecule has 0 aliphatic carbocycles. The van der Waals surface area contributed by atoms with Crippen LogP contribution in [0.2, 0.25) is 12.1 Å². The number of fused-ring (bicyclic) bond motifs is 8. The highest BCUT2D eigenvalue weighted by atomic mass is 28.4. The minimum atomic E-state index is -3.39. The maximum absolute atomic E-state index is 16.7. The molecule has 2 aliphatic heterocycles. The van der Waals surface area contributed by atoms with Gasteiger partial charge < -0.3 is 63.8 Å². The van der Waals surface area contributed by atoms with Crippen LogP contribution in [0.5, 0.6) is 46.0 Å². The molecule has 0 bridgehead atoms. The summed E-state index contributed by atoms with van der Waals surface area (Å²) in [5, 5.41) is 4.05. The highest BCUT2D eigenvalue weighted by Gasteiger charge is 2.49. The average molecular weight is 1500 g/mol. The van der Waals surface area contributed by atoms with E-state index >= 15 is 28.8 Å². The Bertz CT molecular complexity index is 5600. The molecule has 2 aliphatic rings. The number of hydrogen-bond donors (Lipinski definition) is 0. The van der Waals surface area contributed by atoms with Crippen LogP contribution in [-0.2, 0) is 45.6 Å². The molecule has 13 aromatic carbocycles. The number of hydrogen-bond acceptors (Lipinski definition) is 20. The molecule has 0 radical (unpaired) electrons. The molecule has 0 fully saturated rings. The summed E-state index contributed by atoms with van der Waals surface area (Å²) in [7, 11) is 1.80. The number of esters is 2. The second-order valence-electron chi connectivity index (χ2n) is 26.2. The van der Waals surface area contributed by atoms with Gasteiger partial charge in [-0.25, -0.2) is 9.59 Å². The van der Waals surface area contributed by atoms with E-state index in [1.54, 1.807) is 133 Å². The van der Waals surface area contributed by atoms with E-state index in [0.717, 1.165) is 9.80 Å². The third-order valence-corrected chi connectivity index (χ3v) is 25.8. The Kier molecular flexibility index (Phi) is 18.2. The first-order valence-corrected chi connectivity index (χ1v) is 39.1. The van der Waals surface area contributed by atoms with Crippen molar-refractivity contribution in [3.05, 3.63) is 264 Å². The van der Waals surface area contributed by atoms with Gasteiger partial charge in [0.25, 0.3) is 23.6 Å². The van der Waals surface area contributed by atoms with Gasteiger partial charge >= 0.3 is 29.5 Å². The molecule has 2 atom stereocenters. The van der Waals surface area contributed by atoms with E-state index in [4.69, 9.17) is 63.8 Å². The number of carbonyl (C=O) groups excluding carboxylic acids is 6. The lowest BCUT2D eigenvalue weighted by atomic mass is 9.80. The molecule has 17 rings (SSSR count). The number of nitrogens with zero attached hydrogens (tertiary/aromatic N) is 2. The average Bonchev–Trinajstić information content (AvgIpc) is 0.734. The van der Waals surface area contributed by atoms with Crippen molar-refractivity contribution >= 4 is 140 Å². The molecule has 0 saturated carbocycles. The second kappa shape index (κ2) is 28.5. The largest absolute Gasteiger partial charge is 0.503 e. The van der Waals surface area contributed by atoms with Crippen molar-refractivity contribution < 1.29 is 92.6 Å². The number of ether oxygens (including phenoxy) is 6. The molecule has 4 amide bonds. The number of imide groups is 2. The highest BCUT2D eigenvalue weighted by Crippen LogP contribution is 2.59. The molecule has 110 heavy (non-hydrogen) atoms. The van der Waals surface area contributed by atoms with Crippen LogP contribution in [0.15, 0.2) is 239 Å². The molecule has 2 aromatic heterocycles. The lowest BCUT2D eigenvalue weighted by molar-refractivity contribution is -0.149. The summed E-state index contributed by atoms with van der Waals surface area (Å²) in [6.45, 7) is -0.627. The minimum Gasteiger partial charge on any atom is -0.464 e. The molecule has 0 spiro atoms. The molecule has 0 N–H and O–H groups in total. The fraction of sp³-hybridized carbons (Fsp3) is 0.140. The van der Waals surface area contributed by atoms with Gasteiger partial charge in [-0.05, 0) is 120 Å². The molecular formula is C86H66N2O20Si2. The topological polar surface area (TPSA) is 246 Å². The maximum atomic E-state index is 16.7. The molecule has 22 nitrogen and oxygen atoms in total. The zero-order valence-electron chi connectivity index (χ0n) is 60.0. The molecule has 0 saturated heterocycles. The highest BCUT2D eigenvalue weighted by molar-refractivity contribution is 6.61. The van der Waals surface area contributed by atoms with Crippen molar-refractivity contribution in [2.45, 2.75) is 24.2 Å². The predicted molar refractivity (Wildman–Crippen MR) is 413 cm³/mol. The molecule has 548 valence electrons. The summed E-state index contributed by atoms with van der Waals surface area (Å²) in [5.74, 6) is -4.48. The monoisotopic (exact) mass is 1500 g/mol. The van der Waals surface area contributed by atoms with Crippen LogP contribution >= 0.6 is 0 Å². The fourth-order valence-electron chi connectivity index (χ4n) is 15.2. The van der Waals surface area contributed by atoms with E-state index in [9.17, 15) is 0 Å². The van der Waals surface area contributed by atoms with E-state index in [0.29, 0.717) is 66.9 Å². The van der Waals surface area contributed by atoms with Crippen LogP contribution < -0.4 is 18.9 Å². The number of amides is 4. The van der Waals surface area contributed by atoms with Crippen molar-refractivity contribution in [2.24, 2.45) is 0 Å². The number of furan rings is 2. The predicted octanol–water partition coefficient (Wildman–Crippen LogP) is 18.2. The lowest BCUT2D eigenvalue weighted by Gasteiger charge is -2.35. The van der Waals surface area contributed by atoms with Crippen LogP contribution in [0.1, 0.15) is 64.6 Å². The second-order valence-corrected chi connectivity index (χ2v) is 32.4. The van der Waals surface area contributed by atoms with Crippen LogP contribution in [-0.4, -0.2) is 119 Å². The maximum Gasteiger partial charge on any atom is 0.503 e. The zero-order chi connectivity index (χ0) is 75.7. The van der Waals surface area contributed by atoms with E-state index in [2.05, 4.69) is 0 Å². The van der Waals surface area contributed by atoms with Gasteiger partial charge in [-0.3, -0.25) is 29.0 Å². The van der Waals surface area contributed by atoms with Gasteiger partial charge in [0.05, 0.1) is 47.6 Å². The van der Waals surface area contributed by atoms with Gasteiger partial charge in [0.15, 0.2) is 12.1 Å². The van der Waals surface area contributed by atoms with Crippen LogP contribution in [0, 0.1) is 0 Å². The summed E-state index contributed by atoms with van der Waals surface area (Å²) >= 11 is 0. The van der Waals surface area contributed by atoms with E-state index in [-0.39, 0.29) is 125 Å². The Morgan fingerprint density at radius 3 is 0.882 bits per heavy atom. The molecule has 4 heterocycles. The van der Waals surface area contributed by atoms with Gasteiger partial charge in [0, 0.05) is 107 Å². The third kappa shape index (κ3) is 11.9. The van der Waals surface area contributed by atoms with Gasteiger partial charge in [-0.2, -0.15) is 0 Å². The van der Waals surface area contributed by atoms with E-state index in [1.165, 1.54) is 66.9 Å². The SMILES string of the molecule is CO[Si](CCOC(=O)C(c1ccc2oc3ccccc3c2c1)N1C(=O)c2cc(Oc3ccccc3)c3c4c(Oc5ccccc5)cc5c6c(cc(Oc7ccccc7)c(c7c(Oc8ccccc8)cc(c2c37)C1=O)c64)C(=O)N(C(C(=O)OCC[Si](OC)(OC)OC)c1ccc2oc3ccccc3c2c1)C5=O)(OC)OC. The summed E-state index contributed by atoms with van der Waals surface area (Å²) in [6.07, 6.45) is 0. The first-order chi connectivity index (χ1) is 53.7. The number of carbonyl (C=O) groups is 6. The first kappa shape index (κ1) is 70.4. The summed E-state index contributed by atoms with van der Waals surface area (Å²) in [4.78, 5) is 100.0. The van der Waals surface area contributed by atoms with Gasteiger partial charge in [0.2, 0.25) is 0 Å². The van der Waals surface area contributed by atoms with Crippen LogP contribution in [0.4, 0.5) is 0 Å². The van der Waals surface area contributed by atoms with Crippen molar-refractivity contribution in [3.63, 3.8) is 0 Å². The van der Waals surface area contributed by atoms with Crippen molar-refractivity contribution in [2.75, 3.05) is 55.9 Å². The molecule has 24 heteroatoms. The first-order valence-electron chi connectivity index (χ1n) is 35.2. The molecular weight excluding hydrogens is 1440 g/mol. The number of para-hydroxylation sites is 6. The van der Waals surface area contributed by atoms with Crippen molar-refractivity contribution in [3.8, 4) is 46.0 Å². The summed E-state index contributed by atoms with van der Waals surface area (Å²) < 4.78 is 87.9. The van der Waals surface area contributed by atoms with E-state index in [1.807, 2.05) is 72.8 Å². The van der Waals surface area contributed by atoms with Gasteiger partial charge in [0.1, 0.15) is 68.3 Å². The standard InChI is InChI=1S/C86H66N2O20Si2/c1-95-109(96-2,97-3)41-39-101-85(93)79(49-35-37-65-57(43-49)55-31-19-21-33-63(55)107-65)87-81(89)59-45-67(103-51-23-11-7-12-24-51)73-75-69(105-53-27-15-9-16-28-53)47-61-72-62(48-70(106-54-29-17-10-18-30-54)76(78(72)75)74-68(104-52-25-13-8-14-26-52)46-60(82(87)90)71(59)77(73)74)84(92)88(83(61)91)80(86(94)102-40-42-110(98-4,99-5)100-6)50-36-38-66-58(44-50)56-32-20-22-34-64(56)108-66/h7-38,43-48,79-80H,39-42H2,1-6H3. The zero-order valence-corrected chi connectivity index (χ0v) is 62.0. The van der Waals surface area contributed by atoms with Gasteiger partial charge in [-0.15, -0.1) is 0 Å². The number of rotatable bonds is 26.